The molecule has 4 N–H and O–H groups in total. The van der Waals surface area contributed by atoms with Crippen LogP contribution in [0.1, 0.15) is 63.0 Å². The molecule has 2 aromatic rings. The summed E-state index contributed by atoms with van der Waals surface area (Å²) in [5.41, 5.74) is 1.89. The second-order valence-corrected chi connectivity index (χ2v) is 9.45. The highest BCUT2D eigenvalue weighted by molar-refractivity contribution is 5.94. The minimum atomic E-state index is -1.16. The van der Waals surface area contributed by atoms with Crippen LogP contribution in [0.2, 0.25) is 0 Å². The lowest BCUT2D eigenvalue weighted by Gasteiger charge is -2.41. The number of hydrogen-bond donors (Lipinski definition) is 4. The van der Waals surface area contributed by atoms with E-state index in [1.54, 1.807) is 13.3 Å². The second kappa shape index (κ2) is 12.6. The third-order valence-corrected chi connectivity index (χ3v) is 6.77. The molecule has 0 radical (unpaired) electrons. The van der Waals surface area contributed by atoms with Gasteiger partial charge in [0.05, 0.1) is 17.0 Å². The largest absolute Gasteiger partial charge is 0.465 e. The Morgan fingerprint density at radius 1 is 1.34 bits per heavy atom. The molecule has 2 unspecified atom stereocenters. The third kappa shape index (κ3) is 6.32. The number of nitriles is 1. The molecule has 35 heavy (non-hydrogen) atoms. The van der Waals surface area contributed by atoms with Crippen LogP contribution in [0.3, 0.4) is 0 Å². The molecule has 0 saturated carbocycles. The first-order valence-electron chi connectivity index (χ1n) is 12.4. The summed E-state index contributed by atoms with van der Waals surface area (Å²) in [7, 11) is 1.64. The number of amides is 2. The molecule has 0 aliphatic carbocycles. The van der Waals surface area contributed by atoms with Crippen molar-refractivity contribution in [2.24, 2.45) is 0 Å². The molecule has 3 atom stereocenters. The van der Waals surface area contributed by atoms with Crippen molar-refractivity contribution in [3.05, 3.63) is 35.5 Å². The number of unbranched alkanes of at least 4 members (excludes halogenated alkanes) is 1. The standard InChI is InChI=1S/C26H37N5O4/c1-17(2)31(19-8-7-12-28-16-19)25(32)23(22(30-26(33)34)11-4-5-13-35-3)21-10-6-9-20-18(14-27)15-29-24(20)21/h6,9-10,15,17,19,22-23,28-30H,4-5,7-8,11-13,16H2,1-3H3,(H,33,34)/t19-,22?,23?/m1/s1. The van der Waals surface area contributed by atoms with Crippen molar-refractivity contribution in [1.29, 1.82) is 5.26 Å². The van der Waals surface area contributed by atoms with Gasteiger partial charge in [0.1, 0.15) is 6.07 Å². The maximum Gasteiger partial charge on any atom is 0.404 e. The van der Waals surface area contributed by atoms with Gasteiger partial charge in [-0.1, -0.05) is 18.2 Å². The number of carbonyl (C=O) groups is 2. The van der Waals surface area contributed by atoms with Crippen LogP contribution in [-0.4, -0.2) is 71.9 Å². The number of fused-ring (bicyclic) bond motifs is 1. The van der Waals surface area contributed by atoms with E-state index in [1.165, 1.54) is 0 Å². The van der Waals surface area contributed by atoms with Crippen molar-refractivity contribution in [2.45, 2.75) is 70.0 Å². The second-order valence-electron chi connectivity index (χ2n) is 9.45. The molecule has 9 heteroatoms. The summed E-state index contributed by atoms with van der Waals surface area (Å²) in [6, 6.07) is 7.09. The van der Waals surface area contributed by atoms with Crippen LogP contribution in [-0.2, 0) is 9.53 Å². The molecule has 2 heterocycles. The number of benzene rings is 1. The average Bonchev–Trinajstić information content (AvgIpc) is 3.26. The number of para-hydroxylation sites is 1. The van der Waals surface area contributed by atoms with Gasteiger partial charge in [-0.15, -0.1) is 0 Å². The number of carbonyl (C=O) groups excluding carboxylic acids is 1. The van der Waals surface area contributed by atoms with E-state index in [-0.39, 0.29) is 18.0 Å². The van der Waals surface area contributed by atoms with Crippen molar-refractivity contribution < 1.29 is 19.4 Å². The summed E-state index contributed by atoms with van der Waals surface area (Å²) < 4.78 is 5.16. The summed E-state index contributed by atoms with van der Waals surface area (Å²) in [5, 5.41) is 26.0. The van der Waals surface area contributed by atoms with Gasteiger partial charge in [-0.25, -0.2) is 4.79 Å². The topological polar surface area (TPSA) is 130 Å². The van der Waals surface area contributed by atoms with Crippen LogP contribution in [0, 0.1) is 11.3 Å². The molecule has 1 aliphatic rings. The van der Waals surface area contributed by atoms with Crippen LogP contribution >= 0.6 is 0 Å². The van der Waals surface area contributed by atoms with E-state index in [9.17, 15) is 20.0 Å². The number of hydrogen-bond acceptors (Lipinski definition) is 5. The van der Waals surface area contributed by atoms with E-state index in [2.05, 4.69) is 21.7 Å². The van der Waals surface area contributed by atoms with Crippen molar-refractivity contribution in [3.8, 4) is 6.07 Å². The number of H-pyrrole nitrogens is 1. The van der Waals surface area contributed by atoms with E-state index in [1.807, 2.05) is 36.9 Å². The highest BCUT2D eigenvalue weighted by Crippen LogP contribution is 2.34. The first-order chi connectivity index (χ1) is 16.9. The van der Waals surface area contributed by atoms with Crippen molar-refractivity contribution in [1.82, 2.24) is 20.5 Å². The monoisotopic (exact) mass is 483 g/mol. The minimum absolute atomic E-state index is 0.0373. The number of rotatable bonds is 11. The first-order valence-corrected chi connectivity index (χ1v) is 12.4. The molecule has 0 spiro atoms. The van der Waals surface area contributed by atoms with E-state index >= 15 is 0 Å². The number of aromatic amines is 1. The smallest absolute Gasteiger partial charge is 0.404 e. The molecular formula is C26H37N5O4. The molecule has 1 aromatic carbocycles. The fourth-order valence-electron chi connectivity index (χ4n) is 5.23. The molecule has 2 amide bonds. The molecule has 1 fully saturated rings. The average molecular weight is 484 g/mol. The van der Waals surface area contributed by atoms with Gasteiger partial charge >= 0.3 is 6.09 Å². The van der Waals surface area contributed by atoms with E-state index in [0.717, 1.165) is 31.2 Å². The molecule has 1 saturated heterocycles. The summed E-state index contributed by atoms with van der Waals surface area (Å²) in [4.78, 5) is 31.3. The summed E-state index contributed by atoms with van der Waals surface area (Å²) in [6.07, 6.45) is 4.33. The van der Waals surface area contributed by atoms with Crippen LogP contribution in [0.5, 0.6) is 0 Å². The van der Waals surface area contributed by atoms with Gasteiger partial charge in [0.15, 0.2) is 0 Å². The Bertz CT molecular complexity index is 1040. The molecule has 3 rings (SSSR count). The summed E-state index contributed by atoms with van der Waals surface area (Å²) >= 11 is 0. The molecular weight excluding hydrogens is 446 g/mol. The predicted octanol–water partition coefficient (Wildman–Crippen LogP) is 3.57. The maximum absolute atomic E-state index is 14.4. The van der Waals surface area contributed by atoms with Gasteiger partial charge in [0.25, 0.3) is 0 Å². The number of nitrogens with zero attached hydrogens (tertiary/aromatic N) is 2. The lowest BCUT2D eigenvalue weighted by atomic mass is 9.84. The Hall–Kier alpha value is -3.09. The number of piperidine rings is 1. The lowest BCUT2D eigenvalue weighted by Crippen LogP contribution is -2.55. The molecule has 190 valence electrons. The van der Waals surface area contributed by atoms with Crippen LogP contribution in [0.25, 0.3) is 10.9 Å². The fraction of sp³-hybridized carbons (Fsp3) is 0.577. The van der Waals surface area contributed by atoms with Crippen molar-refractivity contribution in [2.75, 3.05) is 26.8 Å². The van der Waals surface area contributed by atoms with Gasteiger partial charge in [-0.2, -0.15) is 5.26 Å². The highest BCUT2D eigenvalue weighted by atomic mass is 16.5. The Morgan fingerprint density at radius 2 is 2.14 bits per heavy atom. The van der Waals surface area contributed by atoms with Gasteiger partial charge in [0.2, 0.25) is 5.91 Å². The number of nitrogens with one attached hydrogen (secondary N) is 3. The predicted molar refractivity (Wildman–Crippen MR) is 134 cm³/mol. The van der Waals surface area contributed by atoms with E-state index in [0.29, 0.717) is 42.6 Å². The maximum atomic E-state index is 14.4. The van der Waals surface area contributed by atoms with Gasteiger partial charge in [0, 0.05) is 50.0 Å². The molecule has 0 bridgehead atoms. The molecule has 9 nitrogen and oxygen atoms in total. The molecule has 1 aliphatic heterocycles. The zero-order valence-electron chi connectivity index (χ0n) is 20.8. The number of aromatic nitrogens is 1. The summed E-state index contributed by atoms with van der Waals surface area (Å²) in [5.74, 6) is -0.841. The quantitative estimate of drug-likeness (QED) is 0.362. The Balaban J connectivity index is 2.09. The van der Waals surface area contributed by atoms with Gasteiger partial charge in [-0.3, -0.25) is 4.79 Å². The first kappa shape index (κ1) is 26.5. The van der Waals surface area contributed by atoms with Crippen LogP contribution < -0.4 is 10.6 Å². The number of methoxy groups -OCH3 is 1. The fourth-order valence-corrected chi connectivity index (χ4v) is 5.23. The van der Waals surface area contributed by atoms with Crippen molar-refractivity contribution >= 4 is 22.9 Å². The highest BCUT2D eigenvalue weighted by Gasteiger charge is 2.39. The number of ether oxygens (including phenoxy) is 1. The number of carboxylic acid groups (broad SMARTS) is 1. The summed E-state index contributed by atoms with van der Waals surface area (Å²) in [6.45, 7) is 6.23. The zero-order chi connectivity index (χ0) is 25.4. The minimum Gasteiger partial charge on any atom is -0.465 e. The third-order valence-electron chi connectivity index (χ3n) is 6.77. The van der Waals surface area contributed by atoms with Crippen LogP contribution in [0.4, 0.5) is 4.79 Å². The van der Waals surface area contributed by atoms with Gasteiger partial charge < -0.3 is 30.4 Å². The van der Waals surface area contributed by atoms with Crippen LogP contribution in [0.15, 0.2) is 24.4 Å². The van der Waals surface area contributed by atoms with Crippen molar-refractivity contribution in [3.63, 3.8) is 0 Å². The van der Waals surface area contributed by atoms with E-state index < -0.39 is 18.1 Å². The normalized spacial score (nSPS) is 17.6. The Morgan fingerprint density at radius 3 is 2.77 bits per heavy atom. The Kier molecular flexibility index (Phi) is 9.52. The van der Waals surface area contributed by atoms with E-state index in [4.69, 9.17) is 4.74 Å². The van der Waals surface area contributed by atoms with Gasteiger partial charge in [-0.05, 0) is 58.1 Å². The molecule has 1 aromatic heterocycles. The lowest BCUT2D eigenvalue weighted by molar-refractivity contribution is -0.138. The Labute approximate surface area is 206 Å². The zero-order valence-corrected chi connectivity index (χ0v) is 20.8. The SMILES string of the molecule is COCCCCC(NC(=O)O)C(C(=O)N(C(C)C)[C@@H]1CCCNC1)c1cccc2c(C#N)c[nH]c12.